The van der Waals surface area contributed by atoms with Gasteiger partial charge in [0.25, 0.3) is 0 Å². The van der Waals surface area contributed by atoms with Crippen LogP contribution in [0.1, 0.15) is 17.7 Å². The molecule has 0 amide bonds. The van der Waals surface area contributed by atoms with Gasteiger partial charge in [-0.15, -0.1) is 5.10 Å². The Morgan fingerprint density at radius 3 is 3.00 bits per heavy atom. The number of hydrogen-bond acceptors (Lipinski definition) is 7. The normalized spacial score (nSPS) is 26.8. The highest BCUT2D eigenvalue weighted by molar-refractivity contribution is 5.09. The number of ether oxygens (including phenoxy) is 1. The minimum absolute atomic E-state index is 0.0801. The van der Waals surface area contributed by atoms with Crippen molar-refractivity contribution >= 4 is 0 Å². The van der Waals surface area contributed by atoms with Crippen molar-refractivity contribution < 1.29 is 14.9 Å². The lowest BCUT2D eigenvalue weighted by atomic mass is 10.1. The van der Waals surface area contributed by atoms with Gasteiger partial charge in [0, 0.05) is 44.6 Å². The molecule has 1 aliphatic carbocycles. The lowest BCUT2D eigenvalue weighted by Gasteiger charge is -2.18. The van der Waals surface area contributed by atoms with E-state index in [4.69, 9.17) is 4.74 Å². The predicted octanol–water partition coefficient (Wildman–Crippen LogP) is -0.280. The fourth-order valence-electron chi connectivity index (χ4n) is 3.14. The van der Waals surface area contributed by atoms with Gasteiger partial charge >= 0.3 is 0 Å². The van der Waals surface area contributed by atoms with E-state index in [0.717, 1.165) is 11.3 Å². The minimum Gasteiger partial charge on any atom is -0.390 e. The Hall–Kier alpha value is -1.87. The minimum atomic E-state index is -0.798. The molecule has 2 aromatic heterocycles. The number of aliphatic hydroxyl groups excluding tert-OH is 2. The maximum Gasteiger partial charge on any atom is 0.108 e. The molecule has 3 N–H and O–H groups in total. The summed E-state index contributed by atoms with van der Waals surface area (Å²) in [6.07, 6.45) is 4.40. The summed E-state index contributed by atoms with van der Waals surface area (Å²) in [5, 5.41) is 31.9. The number of methoxy groups -OCH3 is 1. The molecule has 0 aromatic carbocycles. The van der Waals surface area contributed by atoms with Gasteiger partial charge in [0.1, 0.15) is 5.69 Å². The van der Waals surface area contributed by atoms with Gasteiger partial charge in [-0.3, -0.25) is 9.67 Å². The Morgan fingerprint density at radius 1 is 1.38 bits per heavy atom. The number of nitrogens with zero attached hydrogens (tertiary/aromatic N) is 4. The first-order chi connectivity index (χ1) is 11.7. The Bertz CT molecular complexity index is 636. The van der Waals surface area contributed by atoms with Gasteiger partial charge in [0.05, 0.1) is 25.0 Å². The molecular formula is C16H23N5O3. The molecule has 2 heterocycles. The zero-order chi connectivity index (χ0) is 16.9. The molecule has 0 radical (unpaired) electrons. The number of nitrogens with one attached hydrogen (secondary N) is 1. The van der Waals surface area contributed by atoms with Crippen LogP contribution in [-0.4, -0.2) is 55.6 Å². The number of pyridine rings is 1. The number of aromatic nitrogens is 4. The van der Waals surface area contributed by atoms with Gasteiger partial charge in [-0.05, 0) is 18.1 Å². The SMILES string of the molecule is COCc1cn(C[C@H]2C[C@@H](NCc3cccnc3)[C@H](O)[C@@H]2O)nn1. The lowest BCUT2D eigenvalue weighted by Crippen LogP contribution is -2.39. The second kappa shape index (κ2) is 7.80. The standard InChI is InChI=1S/C16H23N5O3/c1-24-10-13-9-21(20-19-13)8-12-5-14(16(23)15(12)22)18-7-11-3-2-4-17-6-11/h2-4,6,9,12,14-16,18,22-23H,5,7-8,10H2,1H3/t12-,14-,15-,16+/m1/s1. The highest BCUT2D eigenvalue weighted by Gasteiger charge is 2.41. The second-order valence-corrected chi connectivity index (χ2v) is 6.19. The smallest absolute Gasteiger partial charge is 0.108 e. The highest BCUT2D eigenvalue weighted by Crippen LogP contribution is 2.28. The molecule has 8 nitrogen and oxygen atoms in total. The Labute approximate surface area is 140 Å². The maximum atomic E-state index is 10.3. The average Bonchev–Trinajstić information content (AvgIpc) is 3.14. The van der Waals surface area contributed by atoms with Gasteiger partial charge < -0.3 is 20.3 Å². The van der Waals surface area contributed by atoms with E-state index in [1.165, 1.54) is 0 Å². The number of rotatable bonds is 7. The van der Waals surface area contributed by atoms with E-state index >= 15 is 0 Å². The fraction of sp³-hybridized carbons (Fsp3) is 0.562. The zero-order valence-corrected chi connectivity index (χ0v) is 13.6. The fourth-order valence-corrected chi connectivity index (χ4v) is 3.14. The Balaban J connectivity index is 1.55. The zero-order valence-electron chi connectivity index (χ0n) is 13.6. The monoisotopic (exact) mass is 333 g/mol. The van der Waals surface area contributed by atoms with Gasteiger partial charge in [0.2, 0.25) is 0 Å². The van der Waals surface area contributed by atoms with Crippen LogP contribution in [0.25, 0.3) is 0 Å². The van der Waals surface area contributed by atoms with Crippen LogP contribution in [0.2, 0.25) is 0 Å². The first-order valence-corrected chi connectivity index (χ1v) is 8.03. The molecule has 0 saturated heterocycles. The molecule has 1 aliphatic rings. The van der Waals surface area contributed by atoms with Crippen LogP contribution in [0.5, 0.6) is 0 Å². The third-order valence-electron chi connectivity index (χ3n) is 4.39. The third kappa shape index (κ3) is 3.96. The molecule has 4 atom stereocenters. The molecular weight excluding hydrogens is 310 g/mol. The van der Waals surface area contributed by atoms with Crippen LogP contribution < -0.4 is 5.32 Å². The largest absolute Gasteiger partial charge is 0.390 e. The van der Waals surface area contributed by atoms with Crippen LogP contribution in [-0.2, 0) is 24.4 Å². The van der Waals surface area contributed by atoms with Gasteiger partial charge in [0.15, 0.2) is 0 Å². The van der Waals surface area contributed by atoms with E-state index in [0.29, 0.717) is 26.1 Å². The molecule has 0 spiro atoms. The molecule has 130 valence electrons. The summed E-state index contributed by atoms with van der Waals surface area (Å²) in [6, 6.07) is 3.69. The van der Waals surface area contributed by atoms with E-state index < -0.39 is 12.2 Å². The van der Waals surface area contributed by atoms with Crippen LogP contribution >= 0.6 is 0 Å². The van der Waals surface area contributed by atoms with Crippen molar-refractivity contribution in [2.24, 2.45) is 5.92 Å². The Morgan fingerprint density at radius 2 is 2.25 bits per heavy atom. The van der Waals surface area contributed by atoms with Crippen LogP contribution in [0.3, 0.4) is 0 Å². The quantitative estimate of drug-likeness (QED) is 0.640. The summed E-state index contributed by atoms with van der Waals surface area (Å²) in [4.78, 5) is 4.07. The second-order valence-electron chi connectivity index (χ2n) is 6.19. The van der Waals surface area contributed by atoms with Crippen molar-refractivity contribution in [2.75, 3.05) is 7.11 Å². The number of aliphatic hydroxyl groups is 2. The van der Waals surface area contributed by atoms with Gasteiger partial charge in [-0.25, -0.2) is 0 Å². The van der Waals surface area contributed by atoms with E-state index in [1.807, 2.05) is 12.1 Å². The van der Waals surface area contributed by atoms with Crippen molar-refractivity contribution in [3.05, 3.63) is 42.0 Å². The summed E-state index contributed by atoms with van der Waals surface area (Å²) in [5.74, 6) is -0.0801. The first-order valence-electron chi connectivity index (χ1n) is 8.03. The van der Waals surface area contributed by atoms with Crippen molar-refractivity contribution in [3.8, 4) is 0 Å². The molecule has 8 heteroatoms. The molecule has 3 rings (SSSR count). The van der Waals surface area contributed by atoms with Crippen molar-refractivity contribution in [3.63, 3.8) is 0 Å². The Kier molecular flexibility index (Phi) is 5.52. The first kappa shape index (κ1) is 17.0. The summed E-state index contributed by atoms with van der Waals surface area (Å²) in [6.45, 7) is 1.53. The summed E-state index contributed by atoms with van der Waals surface area (Å²) < 4.78 is 6.71. The highest BCUT2D eigenvalue weighted by atomic mass is 16.5. The van der Waals surface area contributed by atoms with Crippen LogP contribution in [0.4, 0.5) is 0 Å². The average molecular weight is 333 g/mol. The van der Waals surface area contributed by atoms with E-state index in [2.05, 4.69) is 20.6 Å². The van der Waals surface area contributed by atoms with E-state index in [9.17, 15) is 10.2 Å². The topological polar surface area (TPSA) is 105 Å². The summed E-state index contributed by atoms with van der Waals surface area (Å²) >= 11 is 0. The molecule has 0 aliphatic heterocycles. The van der Waals surface area contributed by atoms with Gasteiger partial charge in [-0.2, -0.15) is 0 Å². The van der Waals surface area contributed by atoms with E-state index in [-0.39, 0.29) is 12.0 Å². The molecule has 1 saturated carbocycles. The predicted molar refractivity (Wildman–Crippen MR) is 85.7 cm³/mol. The van der Waals surface area contributed by atoms with Crippen molar-refractivity contribution in [1.29, 1.82) is 0 Å². The molecule has 2 aromatic rings. The van der Waals surface area contributed by atoms with Crippen molar-refractivity contribution in [1.82, 2.24) is 25.3 Å². The number of hydrogen-bond donors (Lipinski definition) is 3. The summed E-state index contributed by atoms with van der Waals surface area (Å²) in [7, 11) is 1.61. The van der Waals surface area contributed by atoms with Crippen molar-refractivity contribution in [2.45, 2.75) is 44.4 Å². The van der Waals surface area contributed by atoms with Crippen LogP contribution in [0, 0.1) is 5.92 Å². The third-order valence-corrected chi connectivity index (χ3v) is 4.39. The van der Waals surface area contributed by atoms with E-state index in [1.54, 1.807) is 30.4 Å². The maximum absolute atomic E-state index is 10.3. The molecule has 24 heavy (non-hydrogen) atoms. The van der Waals surface area contributed by atoms with Crippen LogP contribution in [0.15, 0.2) is 30.7 Å². The molecule has 0 bridgehead atoms. The molecule has 1 fully saturated rings. The van der Waals surface area contributed by atoms with Gasteiger partial charge in [-0.1, -0.05) is 11.3 Å². The summed E-state index contributed by atoms with van der Waals surface area (Å²) in [5.41, 5.74) is 1.79. The molecule has 0 unspecified atom stereocenters. The lowest BCUT2D eigenvalue weighted by molar-refractivity contribution is 0.00721.